The van der Waals surface area contributed by atoms with Crippen LogP contribution in [0.5, 0.6) is 0 Å². The van der Waals surface area contributed by atoms with Gasteiger partial charge in [0, 0.05) is 17.7 Å². The van der Waals surface area contributed by atoms with E-state index in [2.05, 4.69) is 4.98 Å². The Bertz CT molecular complexity index is 998. The summed E-state index contributed by atoms with van der Waals surface area (Å²) in [4.78, 5) is 14.7. The first-order valence-electron chi connectivity index (χ1n) is 7.79. The second-order valence-corrected chi connectivity index (χ2v) is 5.37. The van der Waals surface area contributed by atoms with E-state index < -0.39 is 11.8 Å². The lowest BCUT2D eigenvalue weighted by molar-refractivity contribution is -0.137. The Morgan fingerprint density at radius 3 is 2.72 bits per heavy atom. The molecule has 0 atom stereocenters. The molecule has 0 bridgehead atoms. The van der Waals surface area contributed by atoms with Crippen LogP contribution in [0.15, 0.2) is 54.7 Å². The van der Waals surface area contributed by atoms with Gasteiger partial charge in [0.05, 0.1) is 17.7 Å². The highest BCUT2D eigenvalue weighted by molar-refractivity contribution is 5.98. The number of benzene rings is 2. The highest BCUT2D eigenvalue weighted by atomic mass is 19.1. The molecule has 0 amide bonds. The van der Waals surface area contributed by atoms with Crippen molar-refractivity contribution in [2.24, 2.45) is 0 Å². The summed E-state index contributed by atoms with van der Waals surface area (Å²) >= 11 is 0. The Balaban J connectivity index is 2.21. The van der Waals surface area contributed by atoms with E-state index in [1.807, 2.05) is 36.4 Å². The van der Waals surface area contributed by atoms with Crippen molar-refractivity contribution in [3.8, 4) is 6.07 Å². The first-order chi connectivity index (χ1) is 12.1. The monoisotopic (exact) mass is 334 g/mol. The molecule has 0 aliphatic carbocycles. The first-order valence-corrected chi connectivity index (χ1v) is 7.79. The number of hydrogen-bond donors (Lipinski definition) is 1. The Kier molecular flexibility index (Phi) is 4.62. The van der Waals surface area contributed by atoms with Crippen LogP contribution < -0.4 is 0 Å². The molecule has 0 fully saturated rings. The number of nitriles is 1. The molecule has 1 heterocycles. The maximum Gasteiger partial charge on any atom is 0.331 e. The maximum atomic E-state index is 14.5. The summed E-state index contributed by atoms with van der Waals surface area (Å²) in [7, 11) is 0. The van der Waals surface area contributed by atoms with E-state index in [0.29, 0.717) is 22.1 Å². The van der Waals surface area contributed by atoms with Gasteiger partial charge in [-0.1, -0.05) is 30.3 Å². The number of nitrogens with zero attached hydrogens (tertiary/aromatic N) is 1. The van der Waals surface area contributed by atoms with Crippen LogP contribution >= 0.6 is 0 Å². The lowest BCUT2D eigenvalue weighted by Crippen LogP contribution is -2.02. The van der Waals surface area contributed by atoms with Gasteiger partial charge in [-0.2, -0.15) is 5.26 Å². The Morgan fingerprint density at radius 2 is 2.04 bits per heavy atom. The lowest BCUT2D eigenvalue weighted by Gasteiger charge is -2.10. The second-order valence-electron chi connectivity index (χ2n) is 5.37. The van der Waals surface area contributed by atoms with E-state index in [0.717, 1.165) is 5.56 Å². The highest BCUT2D eigenvalue weighted by Gasteiger charge is 2.14. The molecule has 4 nitrogen and oxygen atoms in total. The number of H-pyrrole nitrogens is 1. The number of aromatic amines is 1. The van der Waals surface area contributed by atoms with E-state index >= 15 is 0 Å². The Morgan fingerprint density at radius 1 is 1.28 bits per heavy atom. The summed E-state index contributed by atoms with van der Waals surface area (Å²) in [5, 5.41) is 9.67. The number of carbonyl (C=O) groups is 1. The largest absolute Gasteiger partial charge is 0.463 e. The molecule has 0 unspecified atom stereocenters. The van der Waals surface area contributed by atoms with Crippen LogP contribution in [0.3, 0.4) is 0 Å². The van der Waals surface area contributed by atoms with Gasteiger partial charge in [-0.3, -0.25) is 0 Å². The van der Waals surface area contributed by atoms with E-state index in [9.17, 15) is 14.4 Å². The second kappa shape index (κ2) is 7.02. The molecule has 0 aliphatic rings. The van der Waals surface area contributed by atoms with Crippen molar-refractivity contribution in [1.82, 2.24) is 4.98 Å². The fourth-order valence-corrected chi connectivity index (χ4v) is 2.69. The summed E-state index contributed by atoms with van der Waals surface area (Å²) in [5.41, 5.74) is 2.40. The van der Waals surface area contributed by atoms with Gasteiger partial charge in [0.25, 0.3) is 0 Å². The quantitative estimate of drug-likeness (QED) is 0.575. The molecule has 1 N–H and O–H groups in total. The van der Waals surface area contributed by atoms with Crippen molar-refractivity contribution in [3.05, 3.63) is 77.2 Å². The average molecular weight is 334 g/mol. The summed E-state index contributed by atoms with van der Waals surface area (Å²) < 4.78 is 19.5. The number of nitrogens with one attached hydrogen (secondary N) is 1. The zero-order valence-corrected chi connectivity index (χ0v) is 13.5. The van der Waals surface area contributed by atoms with Crippen LogP contribution in [0, 0.1) is 17.1 Å². The Hall–Kier alpha value is -3.39. The van der Waals surface area contributed by atoms with E-state index in [1.54, 1.807) is 13.0 Å². The molecule has 5 heteroatoms. The van der Waals surface area contributed by atoms with Gasteiger partial charge in [-0.05, 0) is 35.8 Å². The molecule has 124 valence electrons. The molecular weight excluding hydrogens is 319 g/mol. The minimum atomic E-state index is -0.503. The smallest absolute Gasteiger partial charge is 0.331 e. The van der Waals surface area contributed by atoms with Gasteiger partial charge >= 0.3 is 5.97 Å². The molecule has 0 aliphatic heterocycles. The summed E-state index contributed by atoms with van der Waals surface area (Å²) in [6.07, 6.45) is 2.81. The third kappa shape index (κ3) is 3.29. The third-order valence-electron chi connectivity index (χ3n) is 3.81. The van der Waals surface area contributed by atoms with E-state index in [4.69, 9.17) is 4.74 Å². The maximum absolute atomic E-state index is 14.5. The molecule has 3 rings (SSSR count). The molecule has 0 spiro atoms. The third-order valence-corrected chi connectivity index (χ3v) is 3.81. The van der Waals surface area contributed by atoms with Crippen molar-refractivity contribution < 1.29 is 13.9 Å². The molecule has 0 saturated carbocycles. The first kappa shape index (κ1) is 16.5. The van der Waals surface area contributed by atoms with Crippen LogP contribution in [0.2, 0.25) is 0 Å². The molecular formula is C20H15FN2O2. The van der Waals surface area contributed by atoms with Crippen molar-refractivity contribution >= 4 is 22.4 Å². The summed E-state index contributed by atoms with van der Waals surface area (Å²) in [5.74, 6) is -0.990. The predicted octanol–water partition coefficient (Wildman–Crippen LogP) is 4.17. The average Bonchev–Trinajstić information content (AvgIpc) is 3.04. The number of fused-ring (bicyclic) bond motifs is 1. The van der Waals surface area contributed by atoms with Crippen LogP contribution in [-0.2, 0) is 9.53 Å². The number of rotatable bonds is 4. The van der Waals surface area contributed by atoms with Gasteiger partial charge < -0.3 is 9.72 Å². The Labute approximate surface area is 144 Å². The highest BCUT2D eigenvalue weighted by Crippen LogP contribution is 2.29. The number of esters is 1. The van der Waals surface area contributed by atoms with Crippen LogP contribution in [0.4, 0.5) is 4.39 Å². The topological polar surface area (TPSA) is 65.9 Å². The van der Waals surface area contributed by atoms with Gasteiger partial charge in [0.1, 0.15) is 11.9 Å². The van der Waals surface area contributed by atoms with E-state index in [1.165, 1.54) is 18.3 Å². The van der Waals surface area contributed by atoms with Gasteiger partial charge in [-0.15, -0.1) is 0 Å². The van der Waals surface area contributed by atoms with Crippen molar-refractivity contribution in [2.45, 2.75) is 6.92 Å². The number of ether oxygens (including phenoxy) is 1. The predicted molar refractivity (Wildman–Crippen MR) is 93.1 cm³/mol. The summed E-state index contributed by atoms with van der Waals surface area (Å²) in [6, 6.07) is 14.3. The summed E-state index contributed by atoms with van der Waals surface area (Å²) in [6.45, 7) is 1.97. The van der Waals surface area contributed by atoms with E-state index in [-0.39, 0.29) is 12.1 Å². The lowest BCUT2D eigenvalue weighted by atomic mass is 9.96. The zero-order chi connectivity index (χ0) is 17.8. The zero-order valence-electron chi connectivity index (χ0n) is 13.5. The fraction of sp³-hybridized carbons (Fsp3) is 0.100. The van der Waals surface area contributed by atoms with Gasteiger partial charge in [0.2, 0.25) is 0 Å². The van der Waals surface area contributed by atoms with Gasteiger partial charge in [0.15, 0.2) is 0 Å². The molecule has 0 saturated heterocycles. The minimum Gasteiger partial charge on any atom is -0.463 e. The molecule has 25 heavy (non-hydrogen) atoms. The SMILES string of the molecule is CCOC(=O)C=C(c1ccccc1)c1cc(F)c2[nH]cc(C#N)c2c1. The minimum absolute atomic E-state index is 0.251. The molecule has 1 aromatic heterocycles. The van der Waals surface area contributed by atoms with Crippen LogP contribution in [0.25, 0.3) is 16.5 Å². The molecule has 2 aromatic carbocycles. The molecule has 3 aromatic rings. The standard InChI is InChI=1S/C20H15FN2O2/c1-2-25-19(24)10-16(13-6-4-3-5-7-13)14-8-17-15(11-22)12-23-20(17)18(21)9-14/h3-10,12,23H,2H2,1H3. The van der Waals surface area contributed by atoms with Crippen LogP contribution in [-0.4, -0.2) is 17.6 Å². The van der Waals surface area contributed by atoms with Crippen molar-refractivity contribution in [1.29, 1.82) is 5.26 Å². The number of halogens is 1. The number of aromatic nitrogens is 1. The normalized spacial score (nSPS) is 11.3. The van der Waals surface area contributed by atoms with Gasteiger partial charge in [-0.25, -0.2) is 9.18 Å². The fourth-order valence-electron chi connectivity index (χ4n) is 2.69. The van der Waals surface area contributed by atoms with Crippen molar-refractivity contribution in [2.75, 3.05) is 6.61 Å². The number of hydrogen-bond acceptors (Lipinski definition) is 3. The van der Waals surface area contributed by atoms with Crippen molar-refractivity contribution in [3.63, 3.8) is 0 Å². The van der Waals surface area contributed by atoms with Crippen LogP contribution in [0.1, 0.15) is 23.6 Å². The number of carbonyl (C=O) groups excluding carboxylic acids is 1. The molecule has 0 radical (unpaired) electrons.